The Morgan fingerprint density at radius 1 is 0.407 bits per heavy atom. The Morgan fingerprint density at radius 2 is 1.02 bits per heavy atom. The first-order valence-corrected chi connectivity index (χ1v) is 19.6. The molecule has 0 bridgehead atoms. The normalized spacial score (nSPS) is 11.7. The minimum absolute atomic E-state index is 0.0747. The molecule has 0 fully saturated rings. The van der Waals surface area contributed by atoms with Crippen LogP contribution in [0.15, 0.2) is 174 Å². The molecule has 0 aliphatic heterocycles. The van der Waals surface area contributed by atoms with Crippen molar-refractivity contribution in [2.75, 3.05) is 0 Å². The first-order valence-electron chi connectivity index (χ1n) is 17.9. The molecule has 0 spiro atoms. The van der Waals surface area contributed by atoms with Gasteiger partial charge in [-0.1, -0.05) is 6.07 Å². The molecule has 8 aromatic carbocycles. The van der Waals surface area contributed by atoms with Gasteiger partial charge in [-0.2, -0.15) is 0 Å². The number of rotatable bonds is 5. The van der Waals surface area contributed by atoms with Crippen LogP contribution in [0.25, 0.3) is 109 Å². The molecule has 0 N–H and O–H groups in total. The first-order chi connectivity index (χ1) is 26.7. The van der Waals surface area contributed by atoms with Gasteiger partial charge in [0.25, 0.3) is 0 Å². The van der Waals surface area contributed by atoms with Crippen molar-refractivity contribution >= 4 is 66.4 Å². The molecule has 54 heavy (non-hydrogen) atoms. The van der Waals surface area contributed by atoms with Crippen LogP contribution < -0.4 is 0 Å². The molecule has 3 aromatic heterocycles. The second-order valence-electron chi connectivity index (χ2n) is 13.4. The monoisotopic (exact) mass is 756 g/mol. The maximum absolute atomic E-state index is 6.54. The van der Waals surface area contributed by atoms with Gasteiger partial charge in [-0.05, 0) is 0 Å². The van der Waals surface area contributed by atoms with Crippen LogP contribution in [0.5, 0.6) is 0 Å². The zero-order valence-corrected chi connectivity index (χ0v) is 30.5. The summed E-state index contributed by atoms with van der Waals surface area (Å²) in [6.07, 6.45) is 0. The number of benzene rings is 8. The van der Waals surface area contributed by atoms with Gasteiger partial charge in [0.15, 0.2) is 0 Å². The van der Waals surface area contributed by atoms with E-state index in [0.29, 0.717) is 23.4 Å². The summed E-state index contributed by atoms with van der Waals surface area (Å²) < 4.78 is 9.23. The van der Waals surface area contributed by atoms with Crippen LogP contribution in [0.4, 0.5) is 0 Å². The van der Waals surface area contributed by atoms with Crippen LogP contribution in [-0.2, 0) is 0 Å². The van der Waals surface area contributed by atoms with Crippen LogP contribution in [0.2, 0.25) is 0 Å². The van der Waals surface area contributed by atoms with Gasteiger partial charge in [-0.3, -0.25) is 0 Å². The second-order valence-corrected chi connectivity index (χ2v) is 15.6. The molecule has 0 saturated heterocycles. The summed E-state index contributed by atoms with van der Waals surface area (Å²) in [7, 11) is 0. The molecule has 3 heterocycles. The van der Waals surface area contributed by atoms with E-state index in [0.717, 1.165) is 49.5 Å². The van der Waals surface area contributed by atoms with Gasteiger partial charge >= 0.3 is 311 Å². The van der Waals surface area contributed by atoms with E-state index in [-0.39, 0.29) is 14.5 Å². The molecule has 0 unspecified atom stereocenters. The van der Waals surface area contributed by atoms with Crippen LogP contribution >= 0.6 is 0 Å². The van der Waals surface area contributed by atoms with Gasteiger partial charge in [0.2, 0.25) is 0 Å². The van der Waals surface area contributed by atoms with Gasteiger partial charge < -0.3 is 0 Å². The minimum atomic E-state index is 0.0747. The number of nitrogens with zero attached hydrogens (tertiary/aromatic N) is 4. The van der Waals surface area contributed by atoms with Crippen LogP contribution in [0.3, 0.4) is 0 Å². The Kier molecular flexibility index (Phi) is 7.12. The van der Waals surface area contributed by atoms with Crippen molar-refractivity contribution in [1.29, 1.82) is 0 Å². The Bertz CT molecular complexity index is 3150. The Morgan fingerprint density at radius 3 is 1.76 bits per heavy atom. The third-order valence-electron chi connectivity index (χ3n) is 10.1. The molecule has 0 atom stereocenters. The number of oxazole rings is 1. The SMILES string of the molecule is c1ccc(-c2nc(-c3ccccc3)nc(-c3cccc4[se]c5c(-c6ccc7ccc8ccc9nc(-c%10ccccc%10)oc9c8c7c6)cccc5c34)n2)cc1. The molecule has 6 heteroatoms. The molecule has 11 rings (SSSR count). The van der Waals surface area contributed by atoms with Gasteiger partial charge in [0.1, 0.15) is 0 Å². The molecule has 0 radical (unpaired) electrons. The van der Waals surface area contributed by atoms with E-state index >= 15 is 0 Å². The van der Waals surface area contributed by atoms with Crippen molar-refractivity contribution in [3.8, 4) is 56.7 Å². The fourth-order valence-corrected chi connectivity index (χ4v) is 10.2. The number of fused-ring (bicyclic) bond motifs is 8. The van der Waals surface area contributed by atoms with Crippen molar-refractivity contribution in [2.45, 2.75) is 0 Å². The van der Waals surface area contributed by atoms with Gasteiger partial charge in [-0.15, -0.1) is 0 Å². The number of hydrogen-bond acceptors (Lipinski definition) is 5. The maximum atomic E-state index is 6.54. The van der Waals surface area contributed by atoms with E-state index in [1.807, 2.05) is 66.7 Å². The third kappa shape index (κ3) is 5.07. The molecule has 0 aliphatic rings. The Hall–Kier alpha value is -6.72. The fraction of sp³-hybridized carbons (Fsp3) is 0. The van der Waals surface area contributed by atoms with Crippen molar-refractivity contribution < 1.29 is 4.42 Å². The average Bonchev–Trinajstić information content (AvgIpc) is 3.87. The van der Waals surface area contributed by atoms with Crippen molar-refractivity contribution in [3.63, 3.8) is 0 Å². The van der Waals surface area contributed by atoms with E-state index in [2.05, 4.69) is 103 Å². The van der Waals surface area contributed by atoms with Gasteiger partial charge in [0, 0.05) is 0 Å². The van der Waals surface area contributed by atoms with Crippen LogP contribution in [0, 0.1) is 0 Å². The summed E-state index contributed by atoms with van der Waals surface area (Å²) in [6, 6.07) is 59.1. The summed E-state index contributed by atoms with van der Waals surface area (Å²) in [5, 5.41) is 6.98. The molecule has 0 amide bonds. The van der Waals surface area contributed by atoms with Crippen molar-refractivity contribution in [2.24, 2.45) is 0 Å². The summed E-state index contributed by atoms with van der Waals surface area (Å²) in [5.74, 6) is 2.63. The van der Waals surface area contributed by atoms with Crippen LogP contribution in [-0.4, -0.2) is 34.4 Å². The van der Waals surface area contributed by atoms with E-state index in [9.17, 15) is 0 Å². The summed E-state index contributed by atoms with van der Waals surface area (Å²) in [5.41, 5.74) is 8.00. The second kappa shape index (κ2) is 12.5. The molecule has 11 aromatic rings. The fourth-order valence-electron chi connectivity index (χ4n) is 7.58. The van der Waals surface area contributed by atoms with Crippen molar-refractivity contribution in [3.05, 3.63) is 170 Å². The zero-order chi connectivity index (χ0) is 35.6. The molecule has 5 nitrogen and oxygen atoms in total. The quantitative estimate of drug-likeness (QED) is 0.129. The number of hydrogen-bond donors (Lipinski definition) is 0. The summed E-state index contributed by atoms with van der Waals surface area (Å²) in [4.78, 5) is 20.1. The van der Waals surface area contributed by atoms with Gasteiger partial charge in [0.05, 0.1) is 0 Å². The zero-order valence-electron chi connectivity index (χ0n) is 28.8. The third-order valence-corrected chi connectivity index (χ3v) is 12.7. The molecule has 0 saturated carbocycles. The van der Waals surface area contributed by atoms with Gasteiger partial charge in [-0.25, -0.2) is 0 Å². The Labute approximate surface area is 316 Å². The van der Waals surface area contributed by atoms with E-state index < -0.39 is 0 Å². The van der Waals surface area contributed by atoms with Crippen molar-refractivity contribution in [1.82, 2.24) is 19.9 Å². The molecular formula is C48H28N4OSe. The first kappa shape index (κ1) is 30.9. The summed E-state index contributed by atoms with van der Waals surface area (Å²) >= 11 is 0.0747. The predicted octanol–water partition coefficient (Wildman–Crippen LogP) is 12.0. The summed E-state index contributed by atoms with van der Waals surface area (Å²) in [6.45, 7) is 0. The Balaban J connectivity index is 1.11. The van der Waals surface area contributed by atoms with E-state index in [1.54, 1.807) is 0 Å². The van der Waals surface area contributed by atoms with E-state index in [4.69, 9.17) is 24.4 Å². The molecule has 252 valence electrons. The molecular weight excluding hydrogens is 728 g/mol. The molecule has 0 aliphatic carbocycles. The van der Waals surface area contributed by atoms with E-state index in [1.165, 1.54) is 35.8 Å². The standard InChI is InChI=1S/C48H28N4OSe/c1-4-12-31(13-5-1)45-50-46(32-14-6-2-7-15-32)52-47(51-45)37-20-11-21-40-42(37)36-19-10-18-35(44(36)54-40)34-25-23-29-22-24-30-26-27-39-43(41(30)38(29)28-34)53-48(49-39)33-16-8-3-9-17-33/h1-28H. The van der Waals surface area contributed by atoms with Crippen LogP contribution in [0.1, 0.15) is 0 Å². The average molecular weight is 756 g/mol. The predicted molar refractivity (Wildman–Crippen MR) is 222 cm³/mol. The number of aromatic nitrogens is 4. The topological polar surface area (TPSA) is 64.7 Å².